The third-order valence-electron chi connectivity index (χ3n) is 4.36. The van der Waals surface area contributed by atoms with Crippen LogP contribution in [0.1, 0.15) is 11.1 Å². The fraction of sp³-hybridized carbons (Fsp3) is 0.533. The number of rotatable bonds is 4. The number of amides is 1. The predicted octanol–water partition coefficient (Wildman–Crippen LogP) is -0.0925. The molecule has 2 aliphatic heterocycles. The molecule has 3 N–H and O–H groups in total. The lowest BCUT2D eigenvalue weighted by molar-refractivity contribution is -0.156. The molecule has 5 heteroatoms. The quantitative estimate of drug-likeness (QED) is 0.806. The average Bonchev–Trinajstić information content (AvgIpc) is 2.41. The van der Waals surface area contributed by atoms with Gasteiger partial charge in [0.25, 0.3) is 0 Å². The Morgan fingerprint density at radius 3 is 2.65 bits per heavy atom. The molecule has 0 aromatic heterocycles. The van der Waals surface area contributed by atoms with Gasteiger partial charge in [-0.2, -0.15) is 0 Å². The van der Waals surface area contributed by atoms with Crippen molar-refractivity contribution in [3.05, 3.63) is 35.4 Å². The van der Waals surface area contributed by atoms with Gasteiger partial charge >= 0.3 is 0 Å². The van der Waals surface area contributed by atoms with Gasteiger partial charge < -0.3 is 15.6 Å². The van der Waals surface area contributed by atoms with Gasteiger partial charge in [-0.15, -0.1) is 0 Å². The second-order valence-corrected chi connectivity index (χ2v) is 5.95. The summed E-state index contributed by atoms with van der Waals surface area (Å²) in [6.07, 6.45) is 0.647. The standard InChI is InChI=1S/C15H20N2O3/c16-14(19)13-5-11-3-1-2-4-12(11)6-17(13)7-15(8-18)9-20-10-15/h1-4,13,18H,5-10H2,(H2,16,19)/t13-/m0/s1. The third kappa shape index (κ3) is 2.32. The van der Waals surface area contributed by atoms with E-state index in [0.717, 1.165) is 0 Å². The maximum atomic E-state index is 11.7. The number of carbonyl (C=O) groups is 1. The lowest BCUT2D eigenvalue weighted by Crippen LogP contribution is -2.58. The van der Waals surface area contributed by atoms with Gasteiger partial charge in [0.1, 0.15) is 0 Å². The van der Waals surface area contributed by atoms with Crippen molar-refractivity contribution in [3.8, 4) is 0 Å². The average molecular weight is 276 g/mol. The number of ether oxygens (including phenoxy) is 1. The van der Waals surface area contributed by atoms with Gasteiger partial charge in [0.05, 0.1) is 31.3 Å². The number of nitrogens with zero attached hydrogens (tertiary/aromatic N) is 1. The monoisotopic (exact) mass is 276 g/mol. The van der Waals surface area contributed by atoms with Crippen LogP contribution in [0.4, 0.5) is 0 Å². The maximum Gasteiger partial charge on any atom is 0.235 e. The molecular formula is C15H20N2O3. The molecule has 0 saturated carbocycles. The SMILES string of the molecule is NC(=O)[C@@H]1Cc2ccccc2CN1CC1(CO)COC1. The van der Waals surface area contributed by atoms with Gasteiger partial charge in [-0.1, -0.05) is 24.3 Å². The third-order valence-corrected chi connectivity index (χ3v) is 4.36. The lowest BCUT2D eigenvalue weighted by atomic mass is 9.84. The summed E-state index contributed by atoms with van der Waals surface area (Å²) in [5, 5.41) is 9.56. The Hall–Kier alpha value is -1.43. The molecule has 1 aromatic rings. The molecule has 20 heavy (non-hydrogen) atoms. The van der Waals surface area contributed by atoms with Crippen molar-refractivity contribution >= 4 is 5.91 Å². The van der Waals surface area contributed by atoms with E-state index in [0.29, 0.717) is 32.7 Å². The smallest absolute Gasteiger partial charge is 0.235 e. The number of benzene rings is 1. The van der Waals surface area contributed by atoms with Gasteiger partial charge in [0.2, 0.25) is 5.91 Å². The van der Waals surface area contributed by atoms with E-state index in [1.165, 1.54) is 11.1 Å². The van der Waals surface area contributed by atoms with Crippen molar-refractivity contribution in [2.24, 2.45) is 11.1 Å². The molecule has 0 unspecified atom stereocenters. The summed E-state index contributed by atoms with van der Waals surface area (Å²) < 4.78 is 5.23. The van der Waals surface area contributed by atoms with E-state index in [-0.39, 0.29) is 24.0 Å². The number of aliphatic hydroxyl groups excluding tert-OH is 1. The van der Waals surface area contributed by atoms with E-state index in [9.17, 15) is 9.90 Å². The van der Waals surface area contributed by atoms with Gasteiger partial charge in [0.15, 0.2) is 0 Å². The Morgan fingerprint density at radius 1 is 1.40 bits per heavy atom. The summed E-state index contributed by atoms with van der Waals surface area (Å²) in [5.74, 6) is -0.298. The van der Waals surface area contributed by atoms with Crippen molar-refractivity contribution in [2.45, 2.75) is 19.0 Å². The topological polar surface area (TPSA) is 75.8 Å². The first-order chi connectivity index (χ1) is 9.63. The van der Waals surface area contributed by atoms with Crippen LogP contribution in [-0.4, -0.2) is 48.3 Å². The lowest BCUT2D eigenvalue weighted by Gasteiger charge is -2.46. The minimum atomic E-state index is -0.298. The Balaban J connectivity index is 1.83. The Morgan fingerprint density at radius 2 is 2.10 bits per heavy atom. The highest BCUT2D eigenvalue weighted by Crippen LogP contribution is 2.32. The highest BCUT2D eigenvalue weighted by molar-refractivity contribution is 5.80. The van der Waals surface area contributed by atoms with E-state index in [1.807, 2.05) is 12.1 Å². The number of carbonyl (C=O) groups excluding carboxylic acids is 1. The summed E-state index contributed by atoms with van der Waals surface area (Å²) in [6, 6.07) is 7.84. The number of aliphatic hydroxyl groups is 1. The van der Waals surface area contributed by atoms with Crippen LogP contribution in [0.25, 0.3) is 0 Å². The normalized spacial score (nSPS) is 24.8. The molecule has 3 rings (SSSR count). The number of hydrogen-bond donors (Lipinski definition) is 2. The Labute approximate surface area is 118 Å². The van der Waals surface area contributed by atoms with Crippen LogP contribution in [0.15, 0.2) is 24.3 Å². The molecule has 0 spiro atoms. The van der Waals surface area contributed by atoms with Gasteiger partial charge in [-0.3, -0.25) is 9.69 Å². The zero-order chi connectivity index (χ0) is 14.2. The predicted molar refractivity (Wildman–Crippen MR) is 73.9 cm³/mol. The van der Waals surface area contributed by atoms with Crippen LogP contribution in [-0.2, 0) is 22.5 Å². The largest absolute Gasteiger partial charge is 0.396 e. The van der Waals surface area contributed by atoms with Crippen molar-refractivity contribution in [1.82, 2.24) is 4.90 Å². The van der Waals surface area contributed by atoms with E-state index < -0.39 is 0 Å². The van der Waals surface area contributed by atoms with Crippen LogP contribution in [0.5, 0.6) is 0 Å². The summed E-state index contributed by atoms with van der Waals surface area (Å²) in [7, 11) is 0. The highest BCUT2D eigenvalue weighted by atomic mass is 16.5. The van der Waals surface area contributed by atoms with Crippen LogP contribution in [0.2, 0.25) is 0 Å². The molecule has 108 valence electrons. The number of primary amides is 1. The van der Waals surface area contributed by atoms with Gasteiger partial charge in [-0.25, -0.2) is 0 Å². The second-order valence-electron chi connectivity index (χ2n) is 5.95. The van der Waals surface area contributed by atoms with Crippen LogP contribution in [0.3, 0.4) is 0 Å². The summed E-state index contributed by atoms with van der Waals surface area (Å²) in [4.78, 5) is 13.8. The molecule has 1 atom stereocenters. The van der Waals surface area contributed by atoms with Crippen LogP contribution < -0.4 is 5.73 Å². The van der Waals surface area contributed by atoms with Gasteiger partial charge in [-0.05, 0) is 17.5 Å². The van der Waals surface area contributed by atoms with Gasteiger partial charge in [0, 0.05) is 13.1 Å². The molecule has 2 aliphatic rings. The zero-order valence-electron chi connectivity index (χ0n) is 11.4. The molecule has 1 amide bonds. The number of fused-ring (bicyclic) bond motifs is 1. The fourth-order valence-corrected chi connectivity index (χ4v) is 3.08. The van der Waals surface area contributed by atoms with Crippen molar-refractivity contribution in [1.29, 1.82) is 0 Å². The minimum Gasteiger partial charge on any atom is -0.396 e. The first-order valence-corrected chi connectivity index (χ1v) is 6.92. The molecule has 1 fully saturated rings. The highest BCUT2D eigenvalue weighted by Gasteiger charge is 2.42. The molecule has 0 radical (unpaired) electrons. The first-order valence-electron chi connectivity index (χ1n) is 6.92. The zero-order valence-corrected chi connectivity index (χ0v) is 11.4. The van der Waals surface area contributed by atoms with E-state index in [4.69, 9.17) is 10.5 Å². The van der Waals surface area contributed by atoms with Crippen molar-refractivity contribution < 1.29 is 14.6 Å². The molecular weight excluding hydrogens is 256 g/mol. The van der Waals surface area contributed by atoms with Crippen molar-refractivity contribution in [2.75, 3.05) is 26.4 Å². The number of nitrogens with two attached hydrogens (primary N) is 1. The second kappa shape index (κ2) is 5.16. The van der Waals surface area contributed by atoms with E-state index in [1.54, 1.807) is 0 Å². The van der Waals surface area contributed by atoms with E-state index >= 15 is 0 Å². The first kappa shape index (κ1) is 13.5. The van der Waals surface area contributed by atoms with E-state index in [2.05, 4.69) is 17.0 Å². The molecule has 1 saturated heterocycles. The molecule has 2 heterocycles. The molecule has 5 nitrogen and oxygen atoms in total. The molecule has 1 aromatic carbocycles. The minimum absolute atomic E-state index is 0.0800. The summed E-state index contributed by atoms with van der Waals surface area (Å²) >= 11 is 0. The maximum absolute atomic E-state index is 11.7. The van der Waals surface area contributed by atoms with Crippen LogP contribution in [0, 0.1) is 5.41 Å². The van der Waals surface area contributed by atoms with Crippen molar-refractivity contribution in [3.63, 3.8) is 0 Å². The summed E-state index contributed by atoms with van der Waals surface area (Å²) in [6.45, 7) is 2.52. The number of hydrogen-bond acceptors (Lipinski definition) is 4. The summed E-state index contributed by atoms with van der Waals surface area (Å²) in [5.41, 5.74) is 7.75. The molecule has 0 aliphatic carbocycles. The van der Waals surface area contributed by atoms with Crippen LogP contribution >= 0.6 is 0 Å². The fourth-order valence-electron chi connectivity index (χ4n) is 3.08. The molecule has 0 bridgehead atoms. The Bertz CT molecular complexity index is 508. The Kier molecular flexibility index (Phi) is 3.50.